The van der Waals surface area contributed by atoms with Crippen molar-refractivity contribution in [1.29, 1.82) is 0 Å². The van der Waals surface area contributed by atoms with Crippen molar-refractivity contribution >= 4 is 11.7 Å². The zero-order valence-electron chi connectivity index (χ0n) is 11.2. The average molecular weight is 264 g/mol. The number of likely N-dealkylation sites (tertiary alicyclic amines) is 1. The van der Waals surface area contributed by atoms with Crippen LogP contribution in [0.1, 0.15) is 36.2 Å². The molecule has 1 atom stereocenters. The lowest BCUT2D eigenvalue weighted by Gasteiger charge is -2.28. The summed E-state index contributed by atoms with van der Waals surface area (Å²) in [5, 5.41) is 12.3. The second-order valence-corrected chi connectivity index (χ2v) is 4.72. The molecule has 0 aliphatic carbocycles. The van der Waals surface area contributed by atoms with Gasteiger partial charge in [0.1, 0.15) is 11.5 Å². The first-order valence-corrected chi connectivity index (χ1v) is 6.68. The number of nitrogens with zero attached hydrogens (tertiary/aromatic N) is 3. The Bertz CT molecular complexity index is 438. The van der Waals surface area contributed by atoms with Gasteiger partial charge in [-0.1, -0.05) is 12.8 Å². The number of aromatic nitrogens is 2. The molecular formula is C13H20N4O2. The summed E-state index contributed by atoms with van der Waals surface area (Å²) in [6, 6.07) is -0.102. The summed E-state index contributed by atoms with van der Waals surface area (Å²) >= 11 is 0. The highest BCUT2D eigenvalue weighted by molar-refractivity contribution is 5.92. The molecule has 19 heavy (non-hydrogen) atoms. The molecule has 0 spiro atoms. The van der Waals surface area contributed by atoms with Gasteiger partial charge in [0.25, 0.3) is 5.91 Å². The van der Waals surface area contributed by atoms with Gasteiger partial charge in [-0.2, -0.15) is 0 Å². The minimum absolute atomic E-state index is 0.00485. The predicted molar refractivity (Wildman–Crippen MR) is 72.0 cm³/mol. The van der Waals surface area contributed by atoms with Gasteiger partial charge in [-0.15, -0.1) is 0 Å². The summed E-state index contributed by atoms with van der Waals surface area (Å²) in [5.74, 6) is 0.423. The van der Waals surface area contributed by atoms with Crippen LogP contribution in [0.3, 0.4) is 0 Å². The average Bonchev–Trinajstić information content (AvgIpc) is 2.71. The Hall–Kier alpha value is -1.69. The molecule has 1 aliphatic heterocycles. The number of carbonyl (C=O) groups excluding carboxylic acids is 1. The van der Waals surface area contributed by atoms with Crippen molar-refractivity contribution in [3.8, 4) is 0 Å². The minimum Gasteiger partial charge on any atom is -0.394 e. The topological polar surface area (TPSA) is 78.4 Å². The lowest BCUT2D eigenvalue weighted by molar-refractivity contribution is 0.0593. The van der Waals surface area contributed by atoms with E-state index in [1.807, 2.05) is 0 Å². The Morgan fingerprint density at radius 3 is 3.05 bits per heavy atom. The number of carbonyl (C=O) groups is 1. The van der Waals surface area contributed by atoms with E-state index in [4.69, 9.17) is 0 Å². The number of amides is 1. The first-order valence-electron chi connectivity index (χ1n) is 6.68. The van der Waals surface area contributed by atoms with E-state index in [0.29, 0.717) is 18.1 Å². The van der Waals surface area contributed by atoms with E-state index >= 15 is 0 Å². The highest BCUT2D eigenvalue weighted by Gasteiger charge is 2.26. The number of hydrogen-bond donors (Lipinski definition) is 2. The lowest BCUT2D eigenvalue weighted by atomic mass is 10.1. The van der Waals surface area contributed by atoms with Crippen LogP contribution in [0.25, 0.3) is 0 Å². The van der Waals surface area contributed by atoms with Crippen LogP contribution in [-0.4, -0.2) is 52.1 Å². The molecule has 2 N–H and O–H groups in total. The maximum atomic E-state index is 12.5. The maximum Gasteiger partial charge on any atom is 0.274 e. The maximum absolute atomic E-state index is 12.5. The van der Waals surface area contributed by atoms with Crippen LogP contribution in [0.2, 0.25) is 0 Å². The Morgan fingerprint density at radius 1 is 1.47 bits per heavy atom. The predicted octanol–water partition coefficient (Wildman–Crippen LogP) is 0.895. The van der Waals surface area contributed by atoms with Gasteiger partial charge in [0, 0.05) is 13.6 Å². The monoisotopic (exact) mass is 264 g/mol. The van der Waals surface area contributed by atoms with E-state index in [-0.39, 0.29) is 18.6 Å². The van der Waals surface area contributed by atoms with E-state index in [2.05, 4.69) is 15.3 Å². The molecule has 1 fully saturated rings. The van der Waals surface area contributed by atoms with Gasteiger partial charge in [0.15, 0.2) is 0 Å². The third-order valence-corrected chi connectivity index (χ3v) is 3.46. The number of aliphatic hydroxyl groups excluding tert-OH is 1. The SMILES string of the molecule is CNc1cncc(C(=O)N2CCCCCC2CO)n1. The summed E-state index contributed by atoms with van der Waals surface area (Å²) in [7, 11) is 1.74. The number of aliphatic hydroxyl groups is 1. The molecule has 1 saturated heterocycles. The van der Waals surface area contributed by atoms with Gasteiger partial charge in [-0.3, -0.25) is 9.78 Å². The van der Waals surface area contributed by atoms with Crippen molar-refractivity contribution in [2.45, 2.75) is 31.7 Å². The molecule has 6 heteroatoms. The Kier molecular flexibility index (Phi) is 4.68. The van der Waals surface area contributed by atoms with E-state index in [0.717, 1.165) is 25.7 Å². The van der Waals surface area contributed by atoms with E-state index in [1.165, 1.54) is 6.20 Å². The van der Waals surface area contributed by atoms with Crippen LogP contribution >= 0.6 is 0 Å². The molecule has 1 aromatic rings. The molecule has 104 valence electrons. The number of anilines is 1. The summed E-state index contributed by atoms with van der Waals surface area (Å²) in [5.41, 5.74) is 0.326. The summed E-state index contributed by atoms with van der Waals surface area (Å²) in [6.45, 7) is 0.681. The van der Waals surface area contributed by atoms with Crippen LogP contribution in [0.5, 0.6) is 0 Å². The highest BCUT2D eigenvalue weighted by Crippen LogP contribution is 2.18. The fourth-order valence-electron chi connectivity index (χ4n) is 2.37. The third kappa shape index (κ3) is 3.20. The second-order valence-electron chi connectivity index (χ2n) is 4.72. The molecule has 1 unspecified atom stereocenters. The summed E-state index contributed by atoms with van der Waals surface area (Å²) < 4.78 is 0. The smallest absolute Gasteiger partial charge is 0.274 e. The molecule has 1 amide bonds. The van der Waals surface area contributed by atoms with E-state index in [1.54, 1.807) is 18.1 Å². The molecular weight excluding hydrogens is 244 g/mol. The summed E-state index contributed by atoms with van der Waals surface area (Å²) in [6.07, 6.45) is 7.02. The fourth-order valence-corrected chi connectivity index (χ4v) is 2.37. The van der Waals surface area contributed by atoms with Crippen molar-refractivity contribution < 1.29 is 9.90 Å². The minimum atomic E-state index is -0.148. The Morgan fingerprint density at radius 2 is 2.32 bits per heavy atom. The van der Waals surface area contributed by atoms with E-state index < -0.39 is 0 Å². The molecule has 2 rings (SSSR count). The van der Waals surface area contributed by atoms with Crippen molar-refractivity contribution in [2.24, 2.45) is 0 Å². The molecule has 1 aromatic heterocycles. The van der Waals surface area contributed by atoms with Gasteiger partial charge in [0.2, 0.25) is 0 Å². The largest absolute Gasteiger partial charge is 0.394 e. The molecule has 2 heterocycles. The zero-order valence-corrected chi connectivity index (χ0v) is 11.2. The molecule has 0 radical (unpaired) electrons. The molecule has 1 aliphatic rings. The van der Waals surface area contributed by atoms with Crippen molar-refractivity contribution in [2.75, 3.05) is 25.5 Å². The van der Waals surface area contributed by atoms with E-state index in [9.17, 15) is 9.90 Å². The molecule has 6 nitrogen and oxygen atoms in total. The Balaban J connectivity index is 2.20. The van der Waals surface area contributed by atoms with Crippen LogP contribution in [0.4, 0.5) is 5.82 Å². The van der Waals surface area contributed by atoms with Gasteiger partial charge in [-0.05, 0) is 12.8 Å². The lowest BCUT2D eigenvalue weighted by Crippen LogP contribution is -2.42. The number of nitrogens with one attached hydrogen (secondary N) is 1. The number of hydrogen-bond acceptors (Lipinski definition) is 5. The van der Waals surface area contributed by atoms with Gasteiger partial charge in [-0.25, -0.2) is 4.98 Å². The van der Waals surface area contributed by atoms with Gasteiger partial charge in [0.05, 0.1) is 25.0 Å². The van der Waals surface area contributed by atoms with Crippen LogP contribution in [0.15, 0.2) is 12.4 Å². The van der Waals surface area contributed by atoms with Crippen molar-refractivity contribution in [3.05, 3.63) is 18.1 Å². The van der Waals surface area contributed by atoms with Gasteiger partial charge < -0.3 is 15.3 Å². The zero-order chi connectivity index (χ0) is 13.7. The standard InChI is InChI=1S/C13H20N4O2/c1-14-12-8-15-7-11(16-12)13(19)17-6-4-2-3-5-10(17)9-18/h7-8,10,18H,2-6,9H2,1H3,(H,14,16). The molecule has 0 saturated carbocycles. The van der Waals surface area contributed by atoms with Crippen LogP contribution in [0, 0.1) is 0 Å². The van der Waals surface area contributed by atoms with Gasteiger partial charge >= 0.3 is 0 Å². The van der Waals surface area contributed by atoms with Crippen molar-refractivity contribution in [3.63, 3.8) is 0 Å². The first-order chi connectivity index (χ1) is 9.26. The van der Waals surface area contributed by atoms with Crippen LogP contribution in [-0.2, 0) is 0 Å². The summed E-state index contributed by atoms with van der Waals surface area (Å²) in [4.78, 5) is 22.4. The normalized spacial score (nSPS) is 19.9. The van der Waals surface area contributed by atoms with Crippen LogP contribution < -0.4 is 5.32 Å². The Labute approximate surface area is 112 Å². The third-order valence-electron chi connectivity index (χ3n) is 3.46. The number of rotatable bonds is 3. The van der Waals surface area contributed by atoms with Crippen molar-refractivity contribution in [1.82, 2.24) is 14.9 Å². The highest BCUT2D eigenvalue weighted by atomic mass is 16.3. The molecule has 0 bridgehead atoms. The quantitative estimate of drug-likeness (QED) is 0.848. The first kappa shape index (κ1) is 13.7. The fraction of sp³-hybridized carbons (Fsp3) is 0.615. The molecule has 0 aromatic carbocycles. The second kappa shape index (κ2) is 6.47.